The third-order valence-electron chi connectivity index (χ3n) is 5.26. The Morgan fingerprint density at radius 3 is 2.67 bits per heavy atom. The normalized spacial score (nSPS) is 11.5. The molecule has 0 fully saturated rings. The van der Waals surface area contributed by atoms with Gasteiger partial charge in [0.2, 0.25) is 0 Å². The smallest absolute Gasteiger partial charge is 0.116 e. The van der Waals surface area contributed by atoms with Gasteiger partial charge in [-0.15, -0.1) is 0 Å². The number of aryl methyl sites for hydroxylation is 1. The van der Waals surface area contributed by atoms with Crippen LogP contribution in [0.1, 0.15) is 5.69 Å². The molecule has 0 saturated heterocycles. The largest absolute Gasteiger partial charge is 0.353 e. The number of rotatable bonds is 3. The molecule has 2 N–H and O–H groups in total. The van der Waals surface area contributed by atoms with Gasteiger partial charge in [-0.05, 0) is 43.3 Å². The number of pyridine rings is 2. The third kappa shape index (κ3) is 2.60. The van der Waals surface area contributed by atoms with Crippen LogP contribution in [0.5, 0.6) is 0 Å². The van der Waals surface area contributed by atoms with Gasteiger partial charge in [0.1, 0.15) is 5.69 Å². The van der Waals surface area contributed by atoms with Crippen molar-refractivity contribution < 1.29 is 0 Å². The van der Waals surface area contributed by atoms with Crippen molar-refractivity contribution in [2.75, 3.05) is 0 Å². The van der Waals surface area contributed by atoms with Gasteiger partial charge in [-0.1, -0.05) is 12.1 Å². The first-order chi connectivity index (χ1) is 14.8. The maximum absolute atomic E-state index is 4.57. The number of imidazole rings is 1. The first-order valence-corrected chi connectivity index (χ1v) is 9.65. The van der Waals surface area contributed by atoms with Gasteiger partial charge in [-0.25, -0.2) is 4.98 Å². The quantitative estimate of drug-likeness (QED) is 0.459. The van der Waals surface area contributed by atoms with E-state index in [9.17, 15) is 0 Å². The summed E-state index contributed by atoms with van der Waals surface area (Å²) in [5, 5.41) is 9.77. The topological polar surface area (TPSA) is 88.1 Å². The molecule has 0 spiro atoms. The molecule has 0 atom stereocenters. The van der Waals surface area contributed by atoms with Crippen molar-refractivity contribution in [3.8, 4) is 28.5 Å². The second-order valence-corrected chi connectivity index (χ2v) is 7.25. The van der Waals surface area contributed by atoms with E-state index >= 15 is 0 Å². The van der Waals surface area contributed by atoms with Gasteiger partial charge >= 0.3 is 0 Å². The predicted molar refractivity (Wildman–Crippen MR) is 116 cm³/mol. The fraction of sp³-hybridized carbons (Fsp3) is 0.0435. The zero-order chi connectivity index (χ0) is 20.1. The lowest BCUT2D eigenvalue weighted by Gasteiger charge is -2.03. The standard InChI is InChI=1S/C23H17N7/c1-14-12-30(13-26-14)22-7-4-6-17-15(22)9-20(27-17)23-16-10-19(18-5-2-3-8-24-18)25-11-21(16)28-29-23/h2-13,27H,1H3,(H,28,29). The minimum Gasteiger partial charge on any atom is -0.353 e. The molecule has 5 heterocycles. The van der Waals surface area contributed by atoms with E-state index in [1.165, 1.54) is 0 Å². The van der Waals surface area contributed by atoms with E-state index in [1.54, 1.807) is 12.4 Å². The maximum Gasteiger partial charge on any atom is 0.116 e. The lowest BCUT2D eigenvalue weighted by atomic mass is 10.1. The number of nitrogens with one attached hydrogen (secondary N) is 2. The van der Waals surface area contributed by atoms with E-state index < -0.39 is 0 Å². The Morgan fingerprint density at radius 2 is 1.83 bits per heavy atom. The highest BCUT2D eigenvalue weighted by Crippen LogP contribution is 2.32. The predicted octanol–water partition coefficient (Wildman–Crippen LogP) is 4.66. The molecule has 6 aromatic rings. The van der Waals surface area contributed by atoms with E-state index in [1.807, 2.05) is 54.3 Å². The summed E-state index contributed by atoms with van der Waals surface area (Å²) >= 11 is 0. The van der Waals surface area contributed by atoms with Crippen LogP contribution in [0.25, 0.3) is 50.3 Å². The average molecular weight is 391 g/mol. The first kappa shape index (κ1) is 16.7. The second-order valence-electron chi connectivity index (χ2n) is 7.25. The summed E-state index contributed by atoms with van der Waals surface area (Å²) in [6.07, 6.45) is 7.44. The van der Waals surface area contributed by atoms with Crippen LogP contribution >= 0.6 is 0 Å². The van der Waals surface area contributed by atoms with Crippen LogP contribution in [0.3, 0.4) is 0 Å². The number of aromatic nitrogens is 7. The van der Waals surface area contributed by atoms with Crippen LogP contribution in [0.15, 0.2) is 73.4 Å². The van der Waals surface area contributed by atoms with Gasteiger partial charge in [-0.3, -0.25) is 15.1 Å². The van der Waals surface area contributed by atoms with E-state index in [4.69, 9.17) is 0 Å². The monoisotopic (exact) mass is 391 g/mol. The van der Waals surface area contributed by atoms with Crippen molar-refractivity contribution >= 4 is 21.8 Å². The molecule has 0 bridgehead atoms. The summed E-state index contributed by atoms with van der Waals surface area (Å²) in [5.41, 5.74) is 7.43. The van der Waals surface area contributed by atoms with E-state index in [2.05, 4.69) is 48.3 Å². The van der Waals surface area contributed by atoms with E-state index in [0.29, 0.717) is 0 Å². The molecule has 0 radical (unpaired) electrons. The van der Waals surface area contributed by atoms with E-state index in [0.717, 1.165) is 56.0 Å². The molecule has 1 aromatic carbocycles. The van der Waals surface area contributed by atoms with Gasteiger partial charge in [0, 0.05) is 28.7 Å². The van der Waals surface area contributed by atoms with Crippen molar-refractivity contribution in [1.82, 2.24) is 34.7 Å². The highest BCUT2D eigenvalue weighted by Gasteiger charge is 2.15. The minimum absolute atomic E-state index is 0.816. The average Bonchev–Trinajstić information content (AvgIpc) is 3.51. The van der Waals surface area contributed by atoms with Crippen molar-refractivity contribution in [2.45, 2.75) is 6.92 Å². The first-order valence-electron chi connectivity index (χ1n) is 9.65. The number of fused-ring (bicyclic) bond motifs is 2. The number of nitrogens with zero attached hydrogens (tertiary/aromatic N) is 5. The Bertz CT molecular complexity index is 1510. The van der Waals surface area contributed by atoms with E-state index in [-0.39, 0.29) is 0 Å². The summed E-state index contributed by atoms with van der Waals surface area (Å²) in [6.45, 7) is 1.99. The van der Waals surface area contributed by atoms with Crippen molar-refractivity contribution in [3.05, 3.63) is 79.1 Å². The van der Waals surface area contributed by atoms with Gasteiger partial charge in [0.15, 0.2) is 0 Å². The SMILES string of the molecule is Cc1cn(-c2cccc3[nH]c(-c4n[nH]c5cnc(-c6ccccn6)cc45)cc23)cn1. The van der Waals surface area contributed by atoms with Gasteiger partial charge < -0.3 is 9.55 Å². The summed E-state index contributed by atoms with van der Waals surface area (Å²) in [6, 6.07) is 16.2. The van der Waals surface area contributed by atoms with Crippen LogP contribution in [0.4, 0.5) is 0 Å². The minimum atomic E-state index is 0.816. The maximum atomic E-state index is 4.57. The highest BCUT2D eigenvalue weighted by molar-refractivity contribution is 5.98. The highest BCUT2D eigenvalue weighted by atomic mass is 15.1. The van der Waals surface area contributed by atoms with Crippen LogP contribution in [-0.4, -0.2) is 34.7 Å². The Hall–Kier alpha value is -4.26. The van der Waals surface area contributed by atoms with Crippen LogP contribution in [0, 0.1) is 6.92 Å². The molecular formula is C23H17N7. The van der Waals surface area contributed by atoms with Crippen molar-refractivity contribution in [2.24, 2.45) is 0 Å². The molecule has 5 aromatic heterocycles. The van der Waals surface area contributed by atoms with Crippen molar-refractivity contribution in [3.63, 3.8) is 0 Å². The molecule has 7 heteroatoms. The fourth-order valence-electron chi connectivity index (χ4n) is 3.82. The molecule has 144 valence electrons. The summed E-state index contributed by atoms with van der Waals surface area (Å²) in [4.78, 5) is 16.8. The molecule has 7 nitrogen and oxygen atoms in total. The molecule has 0 amide bonds. The van der Waals surface area contributed by atoms with Gasteiger partial charge in [0.25, 0.3) is 0 Å². The molecule has 30 heavy (non-hydrogen) atoms. The molecule has 0 unspecified atom stereocenters. The Kier molecular flexibility index (Phi) is 3.55. The lowest BCUT2D eigenvalue weighted by Crippen LogP contribution is -1.89. The Morgan fingerprint density at radius 1 is 0.867 bits per heavy atom. The summed E-state index contributed by atoms with van der Waals surface area (Å²) in [7, 11) is 0. The summed E-state index contributed by atoms with van der Waals surface area (Å²) < 4.78 is 2.04. The third-order valence-corrected chi connectivity index (χ3v) is 5.26. The number of aromatic amines is 2. The number of benzene rings is 1. The van der Waals surface area contributed by atoms with Crippen LogP contribution in [-0.2, 0) is 0 Å². The number of H-pyrrole nitrogens is 2. The zero-order valence-corrected chi connectivity index (χ0v) is 16.2. The fourth-order valence-corrected chi connectivity index (χ4v) is 3.82. The number of hydrogen-bond donors (Lipinski definition) is 2. The Labute approximate surface area is 171 Å². The van der Waals surface area contributed by atoms with Crippen molar-refractivity contribution in [1.29, 1.82) is 0 Å². The molecule has 0 saturated carbocycles. The van der Waals surface area contributed by atoms with Gasteiger partial charge in [-0.2, -0.15) is 5.10 Å². The summed E-state index contributed by atoms with van der Waals surface area (Å²) in [5.74, 6) is 0. The molecule has 0 aliphatic rings. The lowest BCUT2D eigenvalue weighted by molar-refractivity contribution is 1.07. The molecular weight excluding hydrogens is 374 g/mol. The zero-order valence-electron chi connectivity index (χ0n) is 16.2. The second kappa shape index (κ2) is 6.38. The van der Waals surface area contributed by atoms with Crippen LogP contribution < -0.4 is 0 Å². The molecule has 0 aliphatic carbocycles. The number of hydrogen-bond acceptors (Lipinski definition) is 4. The van der Waals surface area contributed by atoms with Gasteiger partial charge in [0.05, 0.1) is 46.5 Å². The van der Waals surface area contributed by atoms with Crippen LogP contribution in [0.2, 0.25) is 0 Å². The Balaban J connectivity index is 1.52. The molecule has 6 rings (SSSR count). The molecule has 0 aliphatic heterocycles.